The van der Waals surface area contributed by atoms with E-state index in [4.69, 9.17) is 5.11 Å². The lowest BCUT2D eigenvalue weighted by Gasteiger charge is -2.04. The molecule has 0 aliphatic heterocycles. The van der Waals surface area contributed by atoms with Crippen molar-refractivity contribution in [3.8, 4) is 0 Å². The molecule has 1 aromatic rings. The number of carboxylic acids is 1. The maximum atomic E-state index is 12.9. The Hall–Kier alpha value is -1.52. The van der Waals surface area contributed by atoms with Crippen molar-refractivity contribution in [1.29, 1.82) is 0 Å². The quantitative estimate of drug-likeness (QED) is 0.816. The molecule has 1 atom stereocenters. The van der Waals surface area contributed by atoms with Crippen LogP contribution in [-0.2, 0) is 11.2 Å². The number of benzene rings is 1. The van der Waals surface area contributed by atoms with Crippen molar-refractivity contribution in [3.05, 3.63) is 35.4 Å². The second-order valence-electron chi connectivity index (χ2n) is 2.75. The summed E-state index contributed by atoms with van der Waals surface area (Å²) in [5.74, 6) is -3.38. The Morgan fingerprint density at radius 1 is 1.43 bits per heavy atom. The van der Waals surface area contributed by atoms with Crippen LogP contribution in [-0.4, -0.2) is 17.2 Å². The van der Waals surface area contributed by atoms with E-state index in [0.717, 1.165) is 12.1 Å². The third-order valence-electron chi connectivity index (χ3n) is 1.68. The van der Waals surface area contributed by atoms with Crippen LogP contribution < -0.4 is 0 Å². The van der Waals surface area contributed by atoms with Gasteiger partial charge in [0.15, 0.2) is 0 Å². The maximum Gasteiger partial charge on any atom is 0.338 e. The van der Waals surface area contributed by atoms with Crippen molar-refractivity contribution in [2.24, 2.45) is 0 Å². The number of rotatable bonds is 3. The van der Waals surface area contributed by atoms with E-state index in [1.54, 1.807) is 0 Å². The van der Waals surface area contributed by atoms with E-state index < -0.39 is 30.2 Å². The molecule has 0 saturated carbocycles. The normalized spacial score (nSPS) is 12.5. The highest BCUT2D eigenvalue weighted by Crippen LogP contribution is 2.13. The number of aliphatic carboxylic acids is 1. The first-order chi connectivity index (χ1) is 6.50. The van der Waals surface area contributed by atoms with Crippen LogP contribution in [0.5, 0.6) is 0 Å². The Morgan fingerprint density at radius 2 is 2.07 bits per heavy atom. The van der Waals surface area contributed by atoms with Crippen LogP contribution in [0.15, 0.2) is 18.2 Å². The number of carbonyl (C=O) groups is 1. The van der Waals surface area contributed by atoms with Crippen LogP contribution in [0, 0.1) is 11.6 Å². The van der Waals surface area contributed by atoms with Crippen LogP contribution in [0.2, 0.25) is 0 Å². The van der Waals surface area contributed by atoms with E-state index >= 15 is 0 Å². The molecule has 0 spiro atoms. The van der Waals surface area contributed by atoms with Crippen molar-refractivity contribution in [2.45, 2.75) is 12.6 Å². The van der Waals surface area contributed by atoms with E-state index in [0.29, 0.717) is 6.07 Å². The van der Waals surface area contributed by atoms with Gasteiger partial charge < -0.3 is 5.11 Å². The van der Waals surface area contributed by atoms with Gasteiger partial charge in [-0.1, -0.05) is 6.07 Å². The van der Waals surface area contributed by atoms with Gasteiger partial charge in [-0.2, -0.15) is 0 Å². The van der Waals surface area contributed by atoms with Crippen LogP contribution >= 0.6 is 0 Å². The Morgan fingerprint density at radius 3 is 2.57 bits per heavy atom. The summed E-state index contributed by atoms with van der Waals surface area (Å²) < 4.78 is 37.9. The molecule has 1 aromatic carbocycles. The molecule has 1 unspecified atom stereocenters. The largest absolute Gasteiger partial charge is 0.479 e. The van der Waals surface area contributed by atoms with E-state index in [9.17, 15) is 18.0 Å². The molecule has 1 rings (SSSR count). The summed E-state index contributed by atoms with van der Waals surface area (Å²) >= 11 is 0. The summed E-state index contributed by atoms with van der Waals surface area (Å²) in [6.45, 7) is 0. The average molecular weight is 204 g/mol. The first kappa shape index (κ1) is 10.6. The van der Waals surface area contributed by atoms with E-state index in [2.05, 4.69) is 0 Å². The van der Waals surface area contributed by atoms with Crippen LogP contribution in [0.1, 0.15) is 5.56 Å². The molecule has 0 amide bonds. The molecule has 0 fully saturated rings. The molecular weight excluding hydrogens is 197 g/mol. The molecule has 5 heteroatoms. The molecule has 0 radical (unpaired) electrons. The summed E-state index contributed by atoms with van der Waals surface area (Å²) in [6.07, 6.45) is -2.77. The highest BCUT2D eigenvalue weighted by atomic mass is 19.1. The molecule has 0 aliphatic rings. The highest BCUT2D eigenvalue weighted by Gasteiger charge is 2.18. The molecule has 0 heterocycles. The van der Waals surface area contributed by atoms with Gasteiger partial charge in [0, 0.05) is 12.5 Å². The van der Waals surface area contributed by atoms with Gasteiger partial charge in [-0.25, -0.2) is 18.0 Å². The first-order valence-corrected chi connectivity index (χ1v) is 3.81. The van der Waals surface area contributed by atoms with Gasteiger partial charge in [0.1, 0.15) is 11.6 Å². The summed E-state index contributed by atoms with van der Waals surface area (Å²) in [5.41, 5.74) is -0.152. The lowest BCUT2D eigenvalue weighted by molar-refractivity contribution is -0.142. The zero-order chi connectivity index (χ0) is 10.7. The third-order valence-corrected chi connectivity index (χ3v) is 1.68. The van der Waals surface area contributed by atoms with Gasteiger partial charge in [0.25, 0.3) is 0 Å². The standard InChI is InChI=1S/C9H7F3O2/c10-6-2-1-5(7(11)4-6)3-8(12)9(13)14/h1-2,4,8H,3H2,(H,13,14). The smallest absolute Gasteiger partial charge is 0.338 e. The van der Waals surface area contributed by atoms with Gasteiger partial charge >= 0.3 is 5.97 Å². The summed E-state index contributed by atoms with van der Waals surface area (Å²) in [4.78, 5) is 10.1. The Labute approximate surface area is 78.0 Å². The van der Waals surface area contributed by atoms with Gasteiger partial charge in [0.05, 0.1) is 0 Å². The monoisotopic (exact) mass is 204 g/mol. The van der Waals surface area contributed by atoms with Crippen molar-refractivity contribution in [1.82, 2.24) is 0 Å². The van der Waals surface area contributed by atoms with E-state index in [-0.39, 0.29) is 5.56 Å². The zero-order valence-electron chi connectivity index (χ0n) is 7.01. The number of halogens is 3. The minimum Gasteiger partial charge on any atom is -0.479 e. The molecule has 14 heavy (non-hydrogen) atoms. The predicted molar refractivity (Wildman–Crippen MR) is 42.6 cm³/mol. The van der Waals surface area contributed by atoms with Gasteiger partial charge in [0.2, 0.25) is 6.17 Å². The first-order valence-electron chi connectivity index (χ1n) is 3.81. The second-order valence-corrected chi connectivity index (χ2v) is 2.75. The number of hydrogen-bond donors (Lipinski definition) is 1. The minimum atomic E-state index is -2.17. The Bertz CT molecular complexity index is 352. The highest BCUT2D eigenvalue weighted by molar-refractivity contribution is 5.72. The van der Waals surface area contributed by atoms with Gasteiger partial charge in [-0.3, -0.25) is 0 Å². The summed E-state index contributed by atoms with van der Waals surface area (Å²) in [5, 5.41) is 8.22. The molecule has 1 N–H and O–H groups in total. The van der Waals surface area contributed by atoms with Crippen LogP contribution in [0.3, 0.4) is 0 Å². The topological polar surface area (TPSA) is 37.3 Å². The molecule has 0 aromatic heterocycles. The second kappa shape index (κ2) is 4.13. The maximum absolute atomic E-state index is 12.9. The fourth-order valence-corrected chi connectivity index (χ4v) is 0.968. The zero-order valence-corrected chi connectivity index (χ0v) is 7.01. The molecule has 0 aliphatic carbocycles. The number of hydrogen-bond acceptors (Lipinski definition) is 1. The van der Waals surface area contributed by atoms with Crippen LogP contribution in [0.4, 0.5) is 13.2 Å². The van der Waals surface area contributed by atoms with E-state index in [1.165, 1.54) is 0 Å². The lowest BCUT2D eigenvalue weighted by Crippen LogP contribution is -2.17. The summed E-state index contributed by atoms with van der Waals surface area (Å²) in [6, 6.07) is 2.57. The molecule has 76 valence electrons. The SMILES string of the molecule is O=C(O)C(F)Cc1ccc(F)cc1F. The van der Waals surface area contributed by atoms with Crippen molar-refractivity contribution in [2.75, 3.05) is 0 Å². The predicted octanol–water partition coefficient (Wildman–Crippen LogP) is 1.93. The fourth-order valence-electron chi connectivity index (χ4n) is 0.968. The summed E-state index contributed by atoms with van der Waals surface area (Å²) in [7, 11) is 0. The third kappa shape index (κ3) is 2.48. The minimum absolute atomic E-state index is 0.152. The fraction of sp³-hybridized carbons (Fsp3) is 0.222. The van der Waals surface area contributed by atoms with Crippen molar-refractivity contribution in [3.63, 3.8) is 0 Å². The molecular formula is C9H7F3O2. The number of alkyl halides is 1. The van der Waals surface area contributed by atoms with Gasteiger partial charge in [-0.05, 0) is 11.6 Å². The average Bonchev–Trinajstić information content (AvgIpc) is 2.09. The van der Waals surface area contributed by atoms with Crippen LogP contribution in [0.25, 0.3) is 0 Å². The Balaban J connectivity index is 2.82. The van der Waals surface area contributed by atoms with Gasteiger partial charge in [-0.15, -0.1) is 0 Å². The van der Waals surface area contributed by atoms with E-state index in [1.807, 2.05) is 0 Å². The molecule has 0 bridgehead atoms. The molecule has 2 nitrogen and oxygen atoms in total. The number of carboxylic acid groups (broad SMARTS) is 1. The van der Waals surface area contributed by atoms with Crippen molar-refractivity contribution < 1.29 is 23.1 Å². The van der Waals surface area contributed by atoms with Crippen molar-refractivity contribution >= 4 is 5.97 Å². The molecule has 0 saturated heterocycles. The Kier molecular flexibility index (Phi) is 3.11. The lowest BCUT2D eigenvalue weighted by atomic mass is 10.1.